The van der Waals surface area contributed by atoms with Gasteiger partial charge in [0.05, 0.1) is 36.5 Å². The molecule has 1 fully saturated rings. The summed E-state index contributed by atoms with van der Waals surface area (Å²) >= 11 is 0. The van der Waals surface area contributed by atoms with Crippen molar-refractivity contribution in [1.82, 2.24) is 20.1 Å². The third-order valence-electron chi connectivity index (χ3n) is 4.85. The van der Waals surface area contributed by atoms with Gasteiger partial charge in [0.15, 0.2) is 0 Å². The topological polar surface area (TPSA) is 74.8 Å². The molecule has 29 heavy (non-hydrogen) atoms. The lowest BCUT2D eigenvalue weighted by Crippen LogP contribution is -2.45. The number of pyridine rings is 1. The lowest BCUT2D eigenvalue weighted by molar-refractivity contribution is -0.139. The van der Waals surface area contributed by atoms with E-state index in [1.165, 1.54) is 0 Å². The number of aromatic nitrogens is 1. The van der Waals surface area contributed by atoms with E-state index in [1.807, 2.05) is 54.2 Å². The SMILES string of the molecule is CC(C)CNC(=O)c1cc(C2CN(C(=O)CN(C)C)CCO2)nc2ccccc12. The lowest BCUT2D eigenvalue weighted by atomic mass is 10.0. The van der Waals surface area contributed by atoms with Gasteiger partial charge in [-0.3, -0.25) is 9.59 Å². The number of ether oxygens (including phenoxy) is 1. The van der Waals surface area contributed by atoms with Crippen molar-refractivity contribution in [2.45, 2.75) is 20.0 Å². The number of hydrogen-bond acceptors (Lipinski definition) is 5. The molecule has 3 rings (SSSR count). The maximum absolute atomic E-state index is 12.8. The molecule has 2 amide bonds. The highest BCUT2D eigenvalue weighted by atomic mass is 16.5. The van der Waals surface area contributed by atoms with Crippen molar-refractivity contribution in [1.29, 1.82) is 0 Å². The van der Waals surface area contributed by atoms with Crippen molar-refractivity contribution in [3.8, 4) is 0 Å². The third-order valence-corrected chi connectivity index (χ3v) is 4.85. The van der Waals surface area contributed by atoms with Crippen LogP contribution in [-0.4, -0.2) is 73.5 Å². The van der Waals surface area contributed by atoms with Gasteiger partial charge in [0, 0.05) is 18.5 Å². The van der Waals surface area contributed by atoms with Crippen LogP contribution in [0.2, 0.25) is 0 Å². The Bertz CT molecular complexity index is 881. The van der Waals surface area contributed by atoms with Crippen LogP contribution in [-0.2, 0) is 9.53 Å². The highest BCUT2D eigenvalue weighted by molar-refractivity contribution is 6.06. The Kier molecular flexibility index (Phi) is 6.82. The van der Waals surface area contributed by atoms with E-state index >= 15 is 0 Å². The first-order valence-corrected chi connectivity index (χ1v) is 10.1. The molecule has 1 aliphatic heterocycles. The summed E-state index contributed by atoms with van der Waals surface area (Å²) in [6.45, 7) is 6.55. The molecule has 156 valence electrons. The zero-order valence-corrected chi connectivity index (χ0v) is 17.6. The molecule has 0 aliphatic carbocycles. The van der Waals surface area contributed by atoms with E-state index < -0.39 is 0 Å². The van der Waals surface area contributed by atoms with Crippen molar-refractivity contribution in [2.75, 3.05) is 46.9 Å². The van der Waals surface area contributed by atoms with Crippen molar-refractivity contribution in [3.63, 3.8) is 0 Å². The van der Waals surface area contributed by atoms with Gasteiger partial charge in [-0.2, -0.15) is 0 Å². The molecule has 1 aliphatic rings. The number of amides is 2. The van der Waals surface area contributed by atoms with E-state index in [0.717, 1.165) is 10.9 Å². The maximum atomic E-state index is 12.8. The Labute approximate surface area is 172 Å². The minimum Gasteiger partial charge on any atom is -0.368 e. The standard InChI is InChI=1S/C22H30N4O3/c1-15(2)12-23-22(28)17-11-19(24-18-8-6-5-7-16(17)18)20-13-26(9-10-29-20)21(27)14-25(3)4/h5-8,11,15,20H,9-10,12-14H2,1-4H3,(H,23,28). The summed E-state index contributed by atoms with van der Waals surface area (Å²) in [4.78, 5) is 33.7. The fourth-order valence-corrected chi connectivity index (χ4v) is 3.37. The Morgan fingerprint density at radius 2 is 2.07 bits per heavy atom. The molecular formula is C22H30N4O3. The molecule has 0 bridgehead atoms. The maximum Gasteiger partial charge on any atom is 0.252 e. The van der Waals surface area contributed by atoms with Crippen molar-refractivity contribution >= 4 is 22.7 Å². The first kappa shape index (κ1) is 21.2. The molecule has 0 spiro atoms. The number of rotatable bonds is 6. The number of benzene rings is 1. The van der Waals surface area contributed by atoms with Crippen LogP contribution in [0.25, 0.3) is 10.9 Å². The first-order chi connectivity index (χ1) is 13.8. The van der Waals surface area contributed by atoms with Gasteiger partial charge in [-0.05, 0) is 32.1 Å². The van der Waals surface area contributed by atoms with Crippen molar-refractivity contribution in [3.05, 3.63) is 41.6 Å². The Balaban J connectivity index is 1.89. The summed E-state index contributed by atoms with van der Waals surface area (Å²) < 4.78 is 5.93. The van der Waals surface area contributed by atoms with E-state index in [2.05, 4.69) is 19.2 Å². The molecule has 2 heterocycles. The lowest BCUT2D eigenvalue weighted by Gasteiger charge is -2.33. The van der Waals surface area contributed by atoms with E-state index in [-0.39, 0.29) is 17.9 Å². The van der Waals surface area contributed by atoms with E-state index in [1.54, 1.807) is 0 Å². The molecule has 7 nitrogen and oxygen atoms in total. The van der Waals surface area contributed by atoms with Gasteiger partial charge in [-0.1, -0.05) is 32.0 Å². The molecular weight excluding hydrogens is 368 g/mol. The highest BCUT2D eigenvalue weighted by Gasteiger charge is 2.27. The average Bonchev–Trinajstić information content (AvgIpc) is 2.70. The van der Waals surface area contributed by atoms with Gasteiger partial charge < -0.3 is 19.9 Å². The molecule has 1 saturated heterocycles. The summed E-state index contributed by atoms with van der Waals surface area (Å²) in [5.41, 5.74) is 2.02. The molecule has 2 aromatic rings. The predicted molar refractivity (Wildman–Crippen MR) is 113 cm³/mol. The second kappa shape index (κ2) is 9.33. The van der Waals surface area contributed by atoms with Gasteiger partial charge in [0.25, 0.3) is 5.91 Å². The fourth-order valence-electron chi connectivity index (χ4n) is 3.37. The second-order valence-electron chi connectivity index (χ2n) is 8.15. The normalized spacial score (nSPS) is 17.2. The number of nitrogens with one attached hydrogen (secondary N) is 1. The predicted octanol–water partition coefficient (Wildman–Crippen LogP) is 2.08. The summed E-state index contributed by atoms with van der Waals surface area (Å²) in [6, 6.07) is 9.43. The van der Waals surface area contributed by atoms with Crippen LogP contribution in [0.1, 0.15) is 36.0 Å². The molecule has 1 aromatic carbocycles. The number of para-hydroxylation sites is 1. The van der Waals surface area contributed by atoms with Crippen LogP contribution in [0, 0.1) is 5.92 Å². The number of carbonyl (C=O) groups is 2. The van der Waals surface area contributed by atoms with Crippen LogP contribution in [0.15, 0.2) is 30.3 Å². The summed E-state index contributed by atoms with van der Waals surface area (Å²) in [7, 11) is 3.76. The van der Waals surface area contributed by atoms with Crippen LogP contribution >= 0.6 is 0 Å². The van der Waals surface area contributed by atoms with Gasteiger partial charge >= 0.3 is 0 Å². The smallest absolute Gasteiger partial charge is 0.252 e. The quantitative estimate of drug-likeness (QED) is 0.806. The number of carbonyl (C=O) groups excluding carboxylic acids is 2. The molecule has 0 radical (unpaired) electrons. The van der Waals surface area contributed by atoms with E-state index in [4.69, 9.17) is 9.72 Å². The molecule has 7 heteroatoms. The molecule has 1 unspecified atom stereocenters. The van der Waals surface area contributed by atoms with Crippen molar-refractivity contribution < 1.29 is 14.3 Å². The molecule has 1 atom stereocenters. The van der Waals surface area contributed by atoms with E-state index in [0.29, 0.717) is 50.0 Å². The van der Waals surface area contributed by atoms with Crippen LogP contribution in [0.5, 0.6) is 0 Å². The zero-order valence-electron chi connectivity index (χ0n) is 17.6. The fraction of sp³-hybridized carbons (Fsp3) is 0.500. The van der Waals surface area contributed by atoms with Crippen molar-refractivity contribution in [2.24, 2.45) is 5.92 Å². The summed E-state index contributed by atoms with van der Waals surface area (Å²) in [5.74, 6) is 0.318. The second-order valence-corrected chi connectivity index (χ2v) is 8.15. The number of morpholine rings is 1. The Morgan fingerprint density at radius 3 is 2.79 bits per heavy atom. The minimum absolute atomic E-state index is 0.0685. The van der Waals surface area contributed by atoms with E-state index in [9.17, 15) is 9.59 Å². The largest absolute Gasteiger partial charge is 0.368 e. The number of nitrogens with zero attached hydrogens (tertiary/aromatic N) is 3. The number of likely N-dealkylation sites (N-methyl/N-ethyl adjacent to an activating group) is 1. The summed E-state index contributed by atoms with van der Waals surface area (Å²) in [5, 5.41) is 3.81. The first-order valence-electron chi connectivity index (χ1n) is 10.1. The average molecular weight is 399 g/mol. The number of fused-ring (bicyclic) bond motifs is 1. The van der Waals surface area contributed by atoms with Gasteiger partial charge in [0.1, 0.15) is 6.10 Å². The summed E-state index contributed by atoms with van der Waals surface area (Å²) in [6.07, 6.45) is -0.351. The number of hydrogen-bond donors (Lipinski definition) is 1. The Hall–Kier alpha value is -2.51. The van der Waals surface area contributed by atoms with Crippen LogP contribution in [0.4, 0.5) is 0 Å². The molecule has 0 saturated carbocycles. The Morgan fingerprint density at radius 1 is 1.31 bits per heavy atom. The van der Waals surface area contributed by atoms with Gasteiger partial charge in [-0.15, -0.1) is 0 Å². The van der Waals surface area contributed by atoms with Gasteiger partial charge in [0.2, 0.25) is 5.91 Å². The molecule has 1 aromatic heterocycles. The minimum atomic E-state index is -0.351. The zero-order chi connectivity index (χ0) is 21.0. The highest BCUT2D eigenvalue weighted by Crippen LogP contribution is 2.26. The van der Waals surface area contributed by atoms with Crippen LogP contribution in [0.3, 0.4) is 0 Å². The third kappa shape index (κ3) is 5.31. The van der Waals surface area contributed by atoms with Gasteiger partial charge in [-0.25, -0.2) is 4.98 Å². The van der Waals surface area contributed by atoms with Crippen LogP contribution < -0.4 is 5.32 Å². The molecule has 1 N–H and O–H groups in total. The monoisotopic (exact) mass is 398 g/mol.